The predicted octanol–water partition coefficient (Wildman–Crippen LogP) is 5.10. The van der Waals surface area contributed by atoms with Gasteiger partial charge in [-0.1, -0.05) is 48.9 Å². The second-order valence-corrected chi connectivity index (χ2v) is 7.10. The van der Waals surface area contributed by atoms with Crippen molar-refractivity contribution in [1.29, 1.82) is 0 Å². The molecule has 1 N–H and O–H groups in total. The van der Waals surface area contributed by atoms with Crippen LogP contribution in [0.15, 0.2) is 48.5 Å². The lowest BCUT2D eigenvalue weighted by Gasteiger charge is -2.11. The van der Waals surface area contributed by atoms with Gasteiger partial charge >= 0.3 is 5.97 Å². The minimum absolute atomic E-state index is 0.273. The van der Waals surface area contributed by atoms with Crippen LogP contribution < -0.4 is 0 Å². The minimum Gasteiger partial charge on any atom is -0.478 e. The van der Waals surface area contributed by atoms with Gasteiger partial charge in [0, 0.05) is 12.1 Å². The highest BCUT2D eigenvalue weighted by atomic mass is 35.5. The van der Waals surface area contributed by atoms with Gasteiger partial charge in [-0.05, 0) is 42.7 Å². The number of carbonyl (C=O) groups is 1. The molecule has 0 amide bonds. The summed E-state index contributed by atoms with van der Waals surface area (Å²) in [6.07, 6.45) is 1.70. The molecular formula is C22H19ClN4O2. The number of hydrogen-bond donors (Lipinski definition) is 1. The quantitative estimate of drug-likeness (QED) is 0.466. The topological polar surface area (TPSA) is 80.9 Å². The molecule has 7 heteroatoms. The number of carboxylic acids is 1. The SMILES string of the molecule is CCCc1nc2c(Cl)nc(C)nc2n1-c1ccc(-c2ccccc2C(=O)O)cc1. The fourth-order valence-corrected chi connectivity index (χ4v) is 3.69. The first-order valence-electron chi connectivity index (χ1n) is 9.34. The summed E-state index contributed by atoms with van der Waals surface area (Å²) in [6.45, 7) is 3.89. The molecule has 29 heavy (non-hydrogen) atoms. The maximum absolute atomic E-state index is 11.5. The van der Waals surface area contributed by atoms with Crippen LogP contribution in [0.25, 0.3) is 28.0 Å². The van der Waals surface area contributed by atoms with E-state index in [0.717, 1.165) is 29.9 Å². The van der Waals surface area contributed by atoms with Crippen LogP contribution in [-0.4, -0.2) is 30.6 Å². The van der Waals surface area contributed by atoms with Crippen LogP contribution in [0, 0.1) is 6.92 Å². The average molecular weight is 407 g/mol. The number of aromatic carboxylic acids is 1. The molecular weight excluding hydrogens is 388 g/mol. The summed E-state index contributed by atoms with van der Waals surface area (Å²) in [6, 6.07) is 14.7. The lowest BCUT2D eigenvalue weighted by molar-refractivity contribution is 0.0697. The zero-order chi connectivity index (χ0) is 20.5. The number of hydrogen-bond acceptors (Lipinski definition) is 4. The molecule has 0 fully saturated rings. The van der Waals surface area contributed by atoms with Gasteiger partial charge in [-0.25, -0.2) is 19.7 Å². The molecule has 6 nitrogen and oxygen atoms in total. The molecule has 0 aliphatic heterocycles. The van der Waals surface area contributed by atoms with Gasteiger partial charge in [0.2, 0.25) is 0 Å². The van der Waals surface area contributed by atoms with E-state index >= 15 is 0 Å². The van der Waals surface area contributed by atoms with Gasteiger partial charge in [0.15, 0.2) is 10.8 Å². The van der Waals surface area contributed by atoms with Gasteiger partial charge < -0.3 is 5.11 Å². The summed E-state index contributed by atoms with van der Waals surface area (Å²) in [4.78, 5) is 25.0. The van der Waals surface area contributed by atoms with E-state index in [1.807, 2.05) is 41.0 Å². The smallest absolute Gasteiger partial charge is 0.336 e. The van der Waals surface area contributed by atoms with E-state index in [2.05, 4.69) is 21.9 Å². The Morgan fingerprint density at radius 2 is 1.79 bits per heavy atom. The number of rotatable bonds is 5. The molecule has 2 aromatic carbocycles. The summed E-state index contributed by atoms with van der Waals surface area (Å²) in [5, 5.41) is 9.80. The minimum atomic E-state index is -0.947. The molecule has 0 saturated carbocycles. The van der Waals surface area contributed by atoms with Crippen molar-refractivity contribution in [3.63, 3.8) is 0 Å². The highest BCUT2D eigenvalue weighted by molar-refractivity contribution is 6.33. The molecule has 0 bridgehead atoms. The first-order valence-corrected chi connectivity index (χ1v) is 9.72. The summed E-state index contributed by atoms with van der Waals surface area (Å²) >= 11 is 6.31. The molecule has 2 aromatic heterocycles. The van der Waals surface area contributed by atoms with Gasteiger partial charge in [0.05, 0.1) is 5.56 Å². The molecule has 4 rings (SSSR count). The zero-order valence-corrected chi connectivity index (χ0v) is 16.8. The number of nitrogens with zero attached hydrogens (tertiary/aromatic N) is 4. The molecule has 4 aromatic rings. The summed E-state index contributed by atoms with van der Waals surface area (Å²) in [7, 11) is 0. The third-order valence-corrected chi connectivity index (χ3v) is 4.98. The lowest BCUT2D eigenvalue weighted by Crippen LogP contribution is -2.03. The predicted molar refractivity (Wildman–Crippen MR) is 113 cm³/mol. The van der Waals surface area contributed by atoms with Gasteiger partial charge in [-0.3, -0.25) is 4.57 Å². The molecule has 146 valence electrons. The summed E-state index contributed by atoms with van der Waals surface area (Å²) in [5.41, 5.74) is 3.93. The van der Waals surface area contributed by atoms with Gasteiger partial charge in [-0.2, -0.15) is 0 Å². The lowest BCUT2D eigenvalue weighted by atomic mass is 9.99. The zero-order valence-electron chi connectivity index (χ0n) is 16.1. The summed E-state index contributed by atoms with van der Waals surface area (Å²) < 4.78 is 1.99. The van der Waals surface area contributed by atoms with E-state index in [1.54, 1.807) is 19.1 Å². The standard InChI is InChI=1S/C22H19ClN4O2/c1-3-6-18-26-19-20(23)24-13(2)25-21(19)27(18)15-11-9-14(10-12-15)16-7-4-5-8-17(16)22(28)29/h4-5,7-12H,3,6H2,1-2H3,(H,28,29). The van der Waals surface area contributed by atoms with Crippen molar-refractivity contribution in [3.05, 3.63) is 70.9 Å². The normalized spacial score (nSPS) is 11.1. The largest absolute Gasteiger partial charge is 0.478 e. The number of carboxylic acid groups (broad SMARTS) is 1. The van der Waals surface area contributed by atoms with Crippen molar-refractivity contribution < 1.29 is 9.90 Å². The number of imidazole rings is 1. The Kier molecular flexibility index (Phi) is 5.03. The Morgan fingerprint density at radius 3 is 2.48 bits per heavy atom. The number of halogens is 1. The van der Waals surface area contributed by atoms with Crippen molar-refractivity contribution >= 4 is 28.7 Å². The fourth-order valence-electron chi connectivity index (χ4n) is 3.45. The number of aryl methyl sites for hydroxylation is 2. The Labute approximate surface area is 172 Å². The van der Waals surface area contributed by atoms with Gasteiger partial charge in [0.1, 0.15) is 17.2 Å². The molecule has 0 radical (unpaired) electrons. The van der Waals surface area contributed by atoms with Crippen molar-refractivity contribution in [2.24, 2.45) is 0 Å². The van der Waals surface area contributed by atoms with Crippen LogP contribution in [0.5, 0.6) is 0 Å². The van der Waals surface area contributed by atoms with E-state index in [9.17, 15) is 9.90 Å². The van der Waals surface area contributed by atoms with Gasteiger partial charge in [0.25, 0.3) is 0 Å². The van der Waals surface area contributed by atoms with Crippen LogP contribution in [-0.2, 0) is 6.42 Å². The van der Waals surface area contributed by atoms with Crippen LogP contribution in [0.3, 0.4) is 0 Å². The average Bonchev–Trinajstić information content (AvgIpc) is 3.06. The van der Waals surface area contributed by atoms with E-state index in [1.165, 1.54) is 0 Å². The van der Waals surface area contributed by atoms with Crippen LogP contribution in [0.2, 0.25) is 5.15 Å². The van der Waals surface area contributed by atoms with Crippen molar-refractivity contribution in [1.82, 2.24) is 19.5 Å². The third-order valence-electron chi connectivity index (χ3n) is 4.71. The highest BCUT2D eigenvalue weighted by Gasteiger charge is 2.17. The third kappa shape index (κ3) is 3.47. The maximum Gasteiger partial charge on any atom is 0.336 e. The Hall–Kier alpha value is -3.25. The number of fused-ring (bicyclic) bond motifs is 1. The second-order valence-electron chi connectivity index (χ2n) is 6.74. The molecule has 0 saturated heterocycles. The van der Waals surface area contributed by atoms with Gasteiger partial charge in [-0.15, -0.1) is 0 Å². The Bertz CT molecular complexity index is 1220. The van der Waals surface area contributed by atoms with E-state index in [4.69, 9.17) is 11.6 Å². The molecule has 2 heterocycles. The monoisotopic (exact) mass is 406 g/mol. The van der Waals surface area contributed by atoms with Crippen LogP contribution in [0.1, 0.15) is 35.4 Å². The molecule has 0 aliphatic rings. The van der Waals surface area contributed by atoms with E-state index in [0.29, 0.717) is 27.7 Å². The maximum atomic E-state index is 11.5. The van der Waals surface area contributed by atoms with Crippen LogP contribution >= 0.6 is 11.6 Å². The summed E-state index contributed by atoms with van der Waals surface area (Å²) in [5.74, 6) is 0.499. The van der Waals surface area contributed by atoms with Crippen molar-refractivity contribution in [2.45, 2.75) is 26.7 Å². The first kappa shape index (κ1) is 19.1. The molecule has 0 spiro atoms. The number of benzene rings is 2. The van der Waals surface area contributed by atoms with E-state index in [-0.39, 0.29) is 5.56 Å². The highest BCUT2D eigenvalue weighted by Crippen LogP contribution is 2.28. The Balaban J connectivity index is 1.86. The second kappa shape index (κ2) is 7.64. The van der Waals surface area contributed by atoms with Crippen molar-refractivity contribution in [3.8, 4) is 16.8 Å². The number of aromatic nitrogens is 4. The van der Waals surface area contributed by atoms with Crippen molar-refractivity contribution in [2.75, 3.05) is 0 Å². The molecule has 0 aliphatic carbocycles. The molecule has 0 atom stereocenters. The Morgan fingerprint density at radius 1 is 1.07 bits per heavy atom. The fraction of sp³-hybridized carbons (Fsp3) is 0.182. The molecule has 0 unspecified atom stereocenters. The van der Waals surface area contributed by atoms with Crippen LogP contribution in [0.4, 0.5) is 0 Å². The van der Waals surface area contributed by atoms with E-state index < -0.39 is 5.97 Å². The first-order chi connectivity index (χ1) is 14.0.